The van der Waals surface area contributed by atoms with Gasteiger partial charge in [0.25, 0.3) is 0 Å². The van der Waals surface area contributed by atoms with Crippen molar-refractivity contribution in [1.29, 1.82) is 0 Å². The maximum Gasteiger partial charge on any atom is 0.573 e. The van der Waals surface area contributed by atoms with Crippen LogP contribution in [-0.4, -0.2) is 25.4 Å². The van der Waals surface area contributed by atoms with Crippen LogP contribution >= 0.6 is 15.9 Å². The Morgan fingerprint density at radius 1 is 1.33 bits per heavy atom. The van der Waals surface area contributed by atoms with Gasteiger partial charge in [-0.3, -0.25) is 4.79 Å². The molecule has 21 heavy (non-hydrogen) atoms. The molecule has 0 radical (unpaired) electrons. The Kier molecular flexibility index (Phi) is 5.10. The fraction of sp³-hybridized carbons (Fsp3) is 0.462. The maximum atomic E-state index is 12.4. The molecule has 1 heterocycles. The van der Waals surface area contributed by atoms with Gasteiger partial charge in [-0.05, 0) is 44.1 Å². The molecule has 0 aromatic heterocycles. The predicted octanol–water partition coefficient (Wildman–Crippen LogP) is 3.29. The molecule has 0 atom stereocenters. The first kappa shape index (κ1) is 16.1. The fourth-order valence-electron chi connectivity index (χ4n) is 2.13. The summed E-state index contributed by atoms with van der Waals surface area (Å²) >= 11 is 3.08. The lowest BCUT2D eigenvalue weighted by molar-refractivity contribution is -0.274. The van der Waals surface area contributed by atoms with E-state index in [1.807, 2.05) is 0 Å². The third kappa shape index (κ3) is 4.89. The first-order valence-electron chi connectivity index (χ1n) is 6.42. The van der Waals surface area contributed by atoms with Crippen LogP contribution in [0.2, 0.25) is 0 Å². The zero-order valence-corrected chi connectivity index (χ0v) is 12.6. The van der Waals surface area contributed by atoms with Crippen LogP contribution in [0.25, 0.3) is 0 Å². The number of piperidine rings is 1. The molecule has 1 aliphatic heterocycles. The van der Waals surface area contributed by atoms with E-state index in [1.54, 1.807) is 6.07 Å². The minimum Gasteiger partial charge on any atom is -0.404 e. The predicted molar refractivity (Wildman–Crippen MR) is 75.0 cm³/mol. The number of benzene rings is 1. The van der Waals surface area contributed by atoms with Crippen molar-refractivity contribution in [3.63, 3.8) is 0 Å². The molecule has 2 N–H and O–H groups in total. The number of amides is 1. The van der Waals surface area contributed by atoms with Crippen LogP contribution in [0.1, 0.15) is 12.8 Å². The Morgan fingerprint density at radius 2 is 2.00 bits per heavy atom. The molecule has 4 nitrogen and oxygen atoms in total. The van der Waals surface area contributed by atoms with Crippen molar-refractivity contribution < 1.29 is 22.7 Å². The van der Waals surface area contributed by atoms with Crippen LogP contribution in [0.3, 0.4) is 0 Å². The number of halogens is 4. The molecule has 1 aromatic rings. The standard InChI is InChI=1S/C13H14BrF3N2O2/c14-9-1-2-10(11(7-9)21-13(15,16)17)19-12(20)8-3-5-18-6-4-8/h1-2,7-8,18H,3-6H2,(H,19,20). The summed E-state index contributed by atoms with van der Waals surface area (Å²) in [5, 5.41) is 5.64. The maximum absolute atomic E-state index is 12.4. The van der Waals surface area contributed by atoms with E-state index in [0.717, 1.165) is 13.1 Å². The van der Waals surface area contributed by atoms with E-state index in [9.17, 15) is 18.0 Å². The topological polar surface area (TPSA) is 50.4 Å². The highest BCUT2D eigenvalue weighted by Crippen LogP contribution is 2.33. The Balaban J connectivity index is 2.13. The van der Waals surface area contributed by atoms with Crippen LogP contribution in [0, 0.1) is 5.92 Å². The van der Waals surface area contributed by atoms with Crippen molar-refractivity contribution in [3.05, 3.63) is 22.7 Å². The average molecular weight is 367 g/mol. The molecule has 0 unspecified atom stereocenters. The summed E-state index contributed by atoms with van der Waals surface area (Å²) in [6, 6.07) is 4.09. The minimum atomic E-state index is -4.81. The molecule has 0 aliphatic carbocycles. The second-order valence-corrected chi connectivity index (χ2v) is 5.62. The van der Waals surface area contributed by atoms with Gasteiger partial charge in [-0.15, -0.1) is 13.2 Å². The quantitative estimate of drug-likeness (QED) is 0.862. The number of carbonyl (C=O) groups excluding carboxylic acids is 1. The van der Waals surface area contributed by atoms with Gasteiger partial charge in [0.15, 0.2) is 5.75 Å². The minimum absolute atomic E-state index is 0.0130. The molecule has 1 amide bonds. The Hall–Kier alpha value is -1.28. The van der Waals surface area contributed by atoms with Gasteiger partial charge in [0.2, 0.25) is 5.91 Å². The first-order valence-corrected chi connectivity index (χ1v) is 7.21. The number of rotatable bonds is 3. The van der Waals surface area contributed by atoms with Crippen LogP contribution in [0.4, 0.5) is 18.9 Å². The van der Waals surface area contributed by atoms with E-state index < -0.39 is 12.1 Å². The van der Waals surface area contributed by atoms with E-state index in [-0.39, 0.29) is 17.5 Å². The molecule has 0 bridgehead atoms. The Morgan fingerprint density at radius 3 is 2.62 bits per heavy atom. The largest absolute Gasteiger partial charge is 0.573 e. The van der Waals surface area contributed by atoms with Gasteiger partial charge in [0.1, 0.15) is 0 Å². The molecular weight excluding hydrogens is 353 g/mol. The summed E-state index contributed by atoms with van der Waals surface area (Å²) in [7, 11) is 0. The molecular formula is C13H14BrF3N2O2. The van der Waals surface area contributed by atoms with E-state index in [4.69, 9.17) is 0 Å². The molecule has 2 rings (SSSR count). The molecule has 1 saturated heterocycles. The molecule has 1 aromatic carbocycles. The second kappa shape index (κ2) is 6.65. The van der Waals surface area contributed by atoms with Crippen LogP contribution in [-0.2, 0) is 4.79 Å². The second-order valence-electron chi connectivity index (χ2n) is 4.70. The van der Waals surface area contributed by atoms with Gasteiger partial charge in [-0.1, -0.05) is 15.9 Å². The van der Waals surface area contributed by atoms with E-state index in [1.165, 1.54) is 12.1 Å². The number of ether oxygens (including phenoxy) is 1. The monoisotopic (exact) mass is 366 g/mol. The number of carbonyl (C=O) groups is 1. The lowest BCUT2D eigenvalue weighted by atomic mass is 9.97. The summed E-state index contributed by atoms with van der Waals surface area (Å²) in [4.78, 5) is 12.1. The van der Waals surface area contributed by atoms with Gasteiger partial charge >= 0.3 is 6.36 Å². The van der Waals surface area contributed by atoms with Gasteiger partial charge < -0.3 is 15.4 Å². The summed E-state index contributed by atoms with van der Waals surface area (Å²) in [5.74, 6) is -0.918. The van der Waals surface area contributed by atoms with Gasteiger partial charge in [-0.25, -0.2) is 0 Å². The lowest BCUT2D eigenvalue weighted by Crippen LogP contribution is -2.34. The van der Waals surface area contributed by atoms with E-state index in [2.05, 4.69) is 31.3 Å². The highest BCUT2D eigenvalue weighted by Gasteiger charge is 2.32. The summed E-state index contributed by atoms with van der Waals surface area (Å²) in [6.45, 7) is 1.45. The van der Waals surface area contributed by atoms with Crippen LogP contribution in [0.15, 0.2) is 22.7 Å². The normalized spacial score (nSPS) is 16.6. The molecule has 1 fully saturated rings. The van der Waals surface area contributed by atoms with Crippen molar-refractivity contribution in [2.75, 3.05) is 18.4 Å². The molecule has 1 aliphatic rings. The van der Waals surface area contributed by atoms with E-state index in [0.29, 0.717) is 17.3 Å². The van der Waals surface area contributed by atoms with Crippen molar-refractivity contribution in [2.24, 2.45) is 5.92 Å². The Bertz CT molecular complexity index is 517. The van der Waals surface area contributed by atoms with Crippen LogP contribution < -0.4 is 15.4 Å². The third-order valence-electron chi connectivity index (χ3n) is 3.14. The van der Waals surface area contributed by atoms with Crippen molar-refractivity contribution in [3.8, 4) is 5.75 Å². The molecule has 0 spiro atoms. The smallest absolute Gasteiger partial charge is 0.404 e. The van der Waals surface area contributed by atoms with E-state index >= 15 is 0 Å². The molecule has 116 valence electrons. The van der Waals surface area contributed by atoms with Gasteiger partial charge in [-0.2, -0.15) is 0 Å². The van der Waals surface area contributed by atoms with Crippen molar-refractivity contribution in [1.82, 2.24) is 5.32 Å². The van der Waals surface area contributed by atoms with Gasteiger partial charge in [0, 0.05) is 10.4 Å². The van der Waals surface area contributed by atoms with Crippen molar-refractivity contribution >= 4 is 27.5 Å². The van der Waals surface area contributed by atoms with Crippen molar-refractivity contribution in [2.45, 2.75) is 19.2 Å². The Labute approximate surface area is 128 Å². The number of nitrogens with one attached hydrogen (secondary N) is 2. The molecule has 0 saturated carbocycles. The summed E-state index contributed by atoms with van der Waals surface area (Å²) in [6.07, 6.45) is -3.48. The SMILES string of the molecule is O=C(Nc1ccc(Br)cc1OC(F)(F)F)C1CCNCC1. The number of hydrogen-bond acceptors (Lipinski definition) is 3. The van der Waals surface area contributed by atoms with Crippen LogP contribution in [0.5, 0.6) is 5.75 Å². The first-order chi connectivity index (χ1) is 9.85. The summed E-state index contributed by atoms with van der Waals surface area (Å²) in [5.41, 5.74) is 0.0130. The highest BCUT2D eigenvalue weighted by atomic mass is 79.9. The fourth-order valence-corrected chi connectivity index (χ4v) is 2.47. The average Bonchev–Trinajstić information content (AvgIpc) is 2.41. The number of hydrogen-bond donors (Lipinski definition) is 2. The zero-order valence-electron chi connectivity index (χ0n) is 11.0. The number of alkyl halides is 3. The third-order valence-corrected chi connectivity index (χ3v) is 3.63. The molecule has 8 heteroatoms. The summed E-state index contributed by atoms with van der Waals surface area (Å²) < 4.78 is 41.5. The highest BCUT2D eigenvalue weighted by molar-refractivity contribution is 9.10. The zero-order chi connectivity index (χ0) is 15.5. The van der Waals surface area contributed by atoms with Gasteiger partial charge in [0.05, 0.1) is 5.69 Å². The number of anilines is 1. The lowest BCUT2D eigenvalue weighted by Gasteiger charge is -2.22.